The normalized spacial score (nSPS) is 12.9. The van der Waals surface area contributed by atoms with Gasteiger partial charge in [-0.15, -0.1) is 0 Å². The van der Waals surface area contributed by atoms with Crippen molar-refractivity contribution in [3.05, 3.63) is 200 Å². The lowest BCUT2D eigenvalue weighted by molar-refractivity contribution is 0.669. The third-order valence-electron chi connectivity index (χ3n) is 11.9. The van der Waals surface area contributed by atoms with E-state index < -0.39 is 0 Å². The number of para-hydroxylation sites is 4. The third kappa shape index (κ3) is 6.02. The minimum atomic E-state index is 0.605. The van der Waals surface area contributed by atoms with E-state index in [1.165, 1.54) is 31.0 Å². The number of fused-ring (bicyclic) bond motifs is 8. The molecular weight excluding hydrogens is 811 g/mol. The van der Waals surface area contributed by atoms with E-state index in [4.69, 9.17) is 19.4 Å². The first-order chi connectivity index (χ1) is 31.2. The van der Waals surface area contributed by atoms with Gasteiger partial charge in [-0.25, -0.2) is 15.0 Å². The molecule has 6 nitrogen and oxygen atoms in total. The molecule has 2 aromatic heterocycles. The van der Waals surface area contributed by atoms with Crippen LogP contribution in [0.25, 0.3) is 66.9 Å². The van der Waals surface area contributed by atoms with Gasteiger partial charge in [-0.05, 0) is 96.4 Å². The first-order valence-electron chi connectivity index (χ1n) is 20.8. The minimum Gasteiger partial charge on any atom is -0.456 e. The molecule has 0 radical (unpaired) electrons. The van der Waals surface area contributed by atoms with Crippen LogP contribution < -0.4 is 9.80 Å². The lowest BCUT2D eigenvalue weighted by Gasteiger charge is -2.36. The summed E-state index contributed by atoms with van der Waals surface area (Å²) in [5, 5.41) is 4.31. The average molecular weight is 844 g/mol. The predicted molar refractivity (Wildman–Crippen MR) is 259 cm³/mol. The van der Waals surface area contributed by atoms with Crippen LogP contribution in [0.4, 0.5) is 34.1 Å². The van der Waals surface area contributed by atoms with E-state index in [0.29, 0.717) is 17.5 Å². The summed E-state index contributed by atoms with van der Waals surface area (Å²) in [6, 6.07) is 70.5. The molecule has 0 N–H and O–H groups in total. The Kier molecular flexibility index (Phi) is 8.29. The van der Waals surface area contributed by atoms with Gasteiger partial charge in [0.25, 0.3) is 0 Å². The van der Waals surface area contributed by atoms with Gasteiger partial charge < -0.3 is 14.2 Å². The molecule has 4 heterocycles. The first-order valence-corrected chi connectivity index (χ1v) is 22.5. The van der Waals surface area contributed by atoms with E-state index >= 15 is 0 Å². The summed E-state index contributed by atoms with van der Waals surface area (Å²) in [6.07, 6.45) is 0. The van der Waals surface area contributed by atoms with Crippen LogP contribution in [-0.4, -0.2) is 15.0 Å². The fourth-order valence-electron chi connectivity index (χ4n) is 8.94. The highest BCUT2D eigenvalue weighted by molar-refractivity contribution is 8.00. The standard InChI is InChI=1S/C55H33N5OS2/c1-2-13-34(14-3-1)53-56-54(58-55(57-53)37-26-30-48-41(32-37)40-16-4-8-21-47(40)61-48)36-25-28-39-35(31-36)15-12-20-42(39)60-45-19-7-11-24-51(45)63-52-33-38(27-29-46(52)60)59-43-17-5-9-22-49(43)62-50-23-10-6-18-44(50)59/h1-33H. The highest BCUT2D eigenvalue weighted by Crippen LogP contribution is 2.56. The van der Waals surface area contributed by atoms with Gasteiger partial charge >= 0.3 is 0 Å². The number of hydrogen-bond donors (Lipinski definition) is 0. The molecule has 0 bridgehead atoms. The van der Waals surface area contributed by atoms with Gasteiger partial charge in [0, 0.05) is 58.1 Å². The summed E-state index contributed by atoms with van der Waals surface area (Å²) < 4.78 is 6.16. The highest BCUT2D eigenvalue weighted by Gasteiger charge is 2.29. The summed E-state index contributed by atoms with van der Waals surface area (Å²) in [6.45, 7) is 0. The molecule has 13 rings (SSSR count). The molecule has 0 saturated heterocycles. The zero-order valence-electron chi connectivity index (χ0n) is 33.5. The van der Waals surface area contributed by atoms with Crippen LogP contribution in [0.15, 0.2) is 224 Å². The van der Waals surface area contributed by atoms with Crippen LogP contribution in [0.2, 0.25) is 0 Å². The molecule has 0 saturated carbocycles. The third-order valence-corrected chi connectivity index (χ3v) is 14.1. The summed E-state index contributed by atoms with van der Waals surface area (Å²) in [4.78, 5) is 25.0. The smallest absolute Gasteiger partial charge is 0.164 e. The van der Waals surface area contributed by atoms with E-state index in [0.717, 1.165) is 72.2 Å². The molecule has 2 aliphatic heterocycles. The molecule has 63 heavy (non-hydrogen) atoms. The van der Waals surface area contributed by atoms with E-state index in [2.05, 4.69) is 149 Å². The maximum absolute atomic E-state index is 6.16. The number of nitrogens with zero attached hydrogens (tertiary/aromatic N) is 5. The summed E-state index contributed by atoms with van der Waals surface area (Å²) >= 11 is 3.66. The van der Waals surface area contributed by atoms with Gasteiger partial charge in [0.15, 0.2) is 17.5 Å². The monoisotopic (exact) mass is 843 g/mol. The molecule has 11 aromatic rings. The van der Waals surface area contributed by atoms with Crippen molar-refractivity contribution in [2.45, 2.75) is 19.6 Å². The van der Waals surface area contributed by atoms with Crippen molar-refractivity contribution in [1.29, 1.82) is 0 Å². The number of benzene rings is 9. The van der Waals surface area contributed by atoms with E-state index in [9.17, 15) is 0 Å². The Balaban J connectivity index is 0.929. The van der Waals surface area contributed by atoms with Gasteiger partial charge in [-0.3, -0.25) is 0 Å². The Labute approximate surface area is 371 Å². The molecule has 0 amide bonds. The summed E-state index contributed by atoms with van der Waals surface area (Å²) in [7, 11) is 0. The van der Waals surface area contributed by atoms with Crippen molar-refractivity contribution in [2.24, 2.45) is 0 Å². The van der Waals surface area contributed by atoms with Crippen molar-refractivity contribution < 1.29 is 4.42 Å². The van der Waals surface area contributed by atoms with E-state index in [-0.39, 0.29) is 0 Å². The van der Waals surface area contributed by atoms with Crippen LogP contribution in [0, 0.1) is 0 Å². The van der Waals surface area contributed by atoms with Crippen LogP contribution in [0.5, 0.6) is 0 Å². The summed E-state index contributed by atoms with van der Waals surface area (Å²) in [5.74, 6) is 1.84. The Morgan fingerprint density at radius 1 is 0.333 bits per heavy atom. The van der Waals surface area contributed by atoms with Crippen molar-refractivity contribution >= 4 is 90.4 Å². The molecule has 0 aliphatic carbocycles. The highest BCUT2D eigenvalue weighted by atomic mass is 32.2. The Hall–Kier alpha value is -7.65. The number of hydrogen-bond acceptors (Lipinski definition) is 8. The van der Waals surface area contributed by atoms with Crippen molar-refractivity contribution in [1.82, 2.24) is 15.0 Å². The minimum absolute atomic E-state index is 0.605. The fraction of sp³-hybridized carbons (Fsp3) is 0. The van der Waals surface area contributed by atoms with Crippen molar-refractivity contribution in [3.8, 4) is 34.2 Å². The maximum atomic E-state index is 6.16. The zero-order chi connectivity index (χ0) is 41.4. The molecule has 296 valence electrons. The Bertz CT molecular complexity index is 3580. The van der Waals surface area contributed by atoms with E-state index in [1.807, 2.05) is 84.2 Å². The van der Waals surface area contributed by atoms with Gasteiger partial charge in [0.1, 0.15) is 11.2 Å². The van der Waals surface area contributed by atoms with E-state index in [1.54, 1.807) is 0 Å². The van der Waals surface area contributed by atoms with Crippen LogP contribution in [-0.2, 0) is 0 Å². The fourth-order valence-corrected chi connectivity index (χ4v) is 11.1. The van der Waals surface area contributed by atoms with Crippen LogP contribution in [0.1, 0.15) is 0 Å². The molecule has 0 unspecified atom stereocenters. The van der Waals surface area contributed by atoms with Crippen LogP contribution >= 0.6 is 23.5 Å². The van der Waals surface area contributed by atoms with Gasteiger partial charge in [0.05, 0.1) is 28.4 Å². The molecule has 0 fully saturated rings. The molecule has 0 spiro atoms. The number of anilines is 6. The van der Waals surface area contributed by atoms with Gasteiger partial charge in [-0.1, -0.05) is 133 Å². The molecule has 2 aliphatic rings. The zero-order valence-corrected chi connectivity index (χ0v) is 35.1. The Morgan fingerprint density at radius 2 is 0.889 bits per heavy atom. The number of aromatic nitrogens is 3. The van der Waals surface area contributed by atoms with Crippen molar-refractivity contribution in [3.63, 3.8) is 0 Å². The molecule has 9 aromatic carbocycles. The number of furan rings is 1. The average Bonchev–Trinajstić information content (AvgIpc) is 3.72. The quantitative estimate of drug-likeness (QED) is 0.170. The van der Waals surface area contributed by atoms with Crippen LogP contribution in [0.3, 0.4) is 0 Å². The summed E-state index contributed by atoms with van der Waals surface area (Å²) in [5.41, 5.74) is 11.3. The lowest BCUT2D eigenvalue weighted by Crippen LogP contribution is -2.17. The Morgan fingerprint density at radius 3 is 1.63 bits per heavy atom. The largest absolute Gasteiger partial charge is 0.456 e. The lowest BCUT2D eigenvalue weighted by atomic mass is 10.0. The first kappa shape index (κ1) is 36.0. The second kappa shape index (κ2) is 14.5. The molecular formula is C55H33N5OS2. The molecule has 0 atom stereocenters. The second-order valence-corrected chi connectivity index (χ2v) is 17.8. The maximum Gasteiger partial charge on any atom is 0.164 e. The van der Waals surface area contributed by atoms with Gasteiger partial charge in [0.2, 0.25) is 0 Å². The van der Waals surface area contributed by atoms with Crippen molar-refractivity contribution in [2.75, 3.05) is 9.80 Å². The predicted octanol–water partition coefficient (Wildman–Crippen LogP) is 15.8. The second-order valence-electron chi connectivity index (χ2n) is 15.6. The topological polar surface area (TPSA) is 58.3 Å². The SMILES string of the molecule is c1ccc(-c2nc(-c3ccc4c(N5c6ccccc6Sc6cc(N7c8ccccc8Sc8ccccc87)ccc65)cccc4c3)nc(-c3ccc4oc5ccccc5c4c3)n2)cc1. The molecule has 8 heteroatoms. The number of rotatable bonds is 5. The van der Waals surface area contributed by atoms with Gasteiger partial charge in [-0.2, -0.15) is 0 Å².